The van der Waals surface area contributed by atoms with Gasteiger partial charge in [-0.2, -0.15) is 8.42 Å². The van der Waals surface area contributed by atoms with Crippen LogP contribution in [0.2, 0.25) is 5.02 Å². The Balaban J connectivity index is 1.84. The van der Waals surface area contributed by atoms with Crippen LogP contribution in [0, 0.1) is 0 Å². The first-order valence-corrected chi connectivity index (χ1v) is 10.0. The Hall–Kier alpha value is -1.60. The second-order valence-corrected chi connectivity index (χ2v) is 8.37. The number of carbonyl (C=O) groups excluding carboxylic acids is 1. The molecule has 6 nitrogen and oxygen atoms in total. The second kappa shape index (κ2) is 5.74. The Morgan fingerprint density at radius 2 is 1.88 bits per heavy atom. The van der Waals surface area contributed by atoms with Crippen molar-refractivity contribution in [1.29, 1.82) is 0 Å². The fraction of sp³-hybridized carbons (Fsp3) is 0.500. The third-order valence-electron chi connectivity index (χ3n) is 4.81. The Labute approximate surface area is 146 Å². The maximum atomic E-state index is 12.6. The third kappa shape index (κ3) is 2.50. The normalized spacial score (nSPS) is 22.0. The van der Waals surface area contributed by atoms with E-state index < -0.39 is 10.0 Å². The molecular formula is C16H18ClN3O3S. The number of likely N-dealkylation sites (tertiary alicyclic amines) is 1. The van der Waals surface area contributed by atoms with Crippen LogP contribution in [-0.2, 0) is 10.0 Å². The van der Waals surface area contributed by atoms with Crippen LogP contribution in [0.4, 0.5) is 5.69 Å². The van der Waals surface area contributed by atoms with Crippen molar-refractivity contribution in [3.63, 3.8) is 0 Å². The topological polar surface area (TPSA) is 70.0 Å². The summed E-state index contributed by atoms with van der Waals surface area (Å²) in [5.41, 5.74) is 0.791. The number of anilines is 1. The van der Waals surface area contributed by atoms with Gasteiger partial charge in [-0.25, -0.2) is 0 Å². The summed E-state index contributed by atoms with van der Waals surface area (Å²) >= 11 is 6.34. The molecular weight excluding hydrogens is 350 g/mol. The minimum absolute atomic E-state index is 0.0847. The molecule has 0 atom stereocenters. The molecule has 3 heterocycles. The molecule has 0 aliphatic carbocycles. The predicted molar refractivity (Wildman–Crippen MR) is 92.4 cm³/mol. The number of sulfonamides is 1. The number of halogens is 1. The molecule has 2 fully saturated rings. The van der Waals surface area contributed by atoms with E-state index in [-0.39, 0.29) is 16.4 Å². The molecule has 1 aromatic carbocycles. The smallest absolute Gasteiger partial charge is 0.286 e. The summed E-state index contributed by atoms with van der Waals surface area (Å²) in [4.78, 5) is 16.2. The van der Waals surface area contributed by atoms with E-state index in [1.807, 2.05) is 4.90 Å². The highest BCUT2D eigenvalue weighted by Crippen LogP contribution is 2.38. The molecule has 0 bridgehead atoms. The lowest BCUT2D eigenvalue weighted by atomic mass is 10.1. The number of rotatable bonds is 1. The van der Waals surface area contributed by atoms with Crippen LogP contribution >= 0.6 is 11.6 Å². The van der Waals surface area contributed by atoms with Gasteiger partial charge in [-0.15, -0.1) is 4.40 Å². The predicted octanol–water partition coefficient (Wildman–Crippen LogP) is 2.67. The number of hydrogen-bond acceptors (Lipinski definition) is 4. The van der Waals surface area contributed by atoms with E-state index in [2.05, 4.69) is 4.40 Å². The van der Waals surface area contributed by atoms with Gasteiger partial charge in [-0.3, -0.25) is 4.79 Å². The van der Waals surface area contributed by atoms with Crippen molar-refractivity contribution in [3.05, 3.63) is 22.7 Å². The van der Waals surface area contributed by atoms with Crippen LogP contribution in [0.25, 0.3) is 0 Å². The zero-order valence-corrected chi connectivity index (χ0v) is 14.7. The largest absolute Gasteiger partial charge is 0.338 e. The lowest BCUT2D eigenvalue weighted by molar-refractivity contribution is 0.0652. The minimum atomic E-state index is -3.80. The molecule has 3 aliphatic heterocycles. The number of nitrogens with zero attached hydrogens (tertiary/aromatic N) is 3. The van der Waals surface area contributed by atoms with Crippen molar-refractivity contribution in [2.45, 2.75) is 37.0 Å². The molecule has 4 rings (SSSR count). The van der Waals surface area contributed by atoms with E-state index in [1.165, 1.54) is 6.07 Å². The number of amides is 1. The quantitative estimate of drug-likeness (QED) is 0.765. The fourth-order valence-electron chi connectivity index (χ4n) is 3.35. The maximum absolute atomic E-state index is 12.6. The summed E-state index contributed by atoms with van der Waals surface area (Å²) in [6.45, 7) is 2.10. The van der Waals surface area contributed by atoms with Gasteiger partial charge >= 0.3 is 0 Å². The highest BCUT2D eigenvalue weighted by atomic mass is 35.5. The fourth-order valence-corrected chi connectivity index (χ4v) is 4.85. The molecule has 1 amide bonds. The molecule has 0 N–H and O–H groups in total. The SMILES string of the molecule is O=C(c1cc2c(cc1Cl)N1CCCCCC1=NS2(=O)=O)N1CCC1. The van der Waals surface area contributed by atoms with E-state index in [1.54, 1.807) is 11.0 Å². The number of carbonyl (C=O) groups is 1. The van der Waals surface area contributed by atoms with Gasteiger partial charge in [0.25, 0.3) is 15.9 Å². The Morgan fingerprint density at radius 3 is 2.58 bits per heavy atom. The first-order valence-electron chi connectivity index (χ1n) is 8.21. The summed E-state index contributed by atoms with van der Waals surface area (Å²) in [5.74, 6) is 0.368. The summed E-state index contributed by atoms with van der Waals surface area (Å²) < 4.78 is 29.2. The lowest BCUT2D eigenvalue weighted by Gasteiger charge is -2.33. The van der Waals surface area contributed by atoms with Crippen LogP contribution in [0.5, 0.6) is 0 Å². The molecule has 128 valence electrons. The van der Waals surface area contributed by atoms with Gasteiger partial charge < -0.3 is 9.80 Å². The van der Waals surface area contributed by atoms with Crippen LogP contribution in [0.3, 0.4) is 0 Å². The zero-order chi connectivity index (χ0) is 16.9. The summed E-state index contributed by atoms with van der Waals surface area (Å²) in [6.07, 6.45) is 4.56. The molecule has 0 spiro atoms. The zero-order valence-electron chi connectivity index (χ0n) is 13.2. The molecule has 0 radical (unpaired) electrons. The van der Waals surface area contributed by atoms with Crippen molar-refractivity contribution >= 4 is 39.1 Å². The van der Waals surface area contributed by atoms with Crippen molar-refractivity contribution in [3.8, 4) is 0 Å². The van der Waals surface area contributed by atoms with E-state index in [0.29, 0.717) is 36.1 Å². The number of benzene rings is 1. The lowest BCUT2D eigenvalue weighted by Crippen LogP contribution is -2.42. The molecule has 1 aromatic rings. The van der Waals surface area contributed by atoms with Crippen molar-refractivity contribution in [1.82, 2.24) is 4.90 Å². The van der Waals surface area contributed by atoms with Gasteiger partial charge in [0.05, 0.1) is 16.3 Å². The average Bonchev–Trinajstić information content (AvgIpc) is 2.69. The summed E-state index contributed by atoms with van der Waals surface area (Å²) in [5, 5.41) is 0.298. The first-order chi connectivity index (χ1) is 11.5. The number of amidine groups is 1. The maximum Gasteiger partial charge on any atom is 0.286 e. The van der Waals surface area contributed by atoms with Crippen LogP contribution in [-0.4, -0.2) is 44.7 Å². The second-order valence-electron chi connectivity index (χ2n) is 6.39. The Morgan fingerprint density at radius 1 is 1.08 bits per heavy atom. The molecule has 0 aromatic heterocycles. The van der Waals surface area contributed by atoms with Crippen LogP contribution < -0.4 is 4.90 Å². The van der Waals surface area contributed by atoms with Gasteiger partial charge in [-0.1, -0.05) is 18.0 Å². The molecule has 2 saturated heterocycles. The van der Waals surface area contributed by atoms with E-state index in [9.17, 15) is 13.2 Å². The van der Waals surface area contributed by atoms with Crippen LogP contribution in [0.1, 0.15) is 42.5 Å². The third-order valence-corrected chi connectivity index (χ3v) is 6.46. The van der Waals surface area contributed by atoms with E-state index in [4.69, 9.17) is 11.6 Å². The average molecular weight is 368 g/mol. The van der Waals surface area contributed by atoms with Crippen molar-refractivity contribution in [2.24, 2.45) is 4.40 Å². The highest BCUT2D eigenvalue weighted by molar-refractivity contribution is 7.90. The van der Waals surface area contributed by atoms with E-state index in [0.717, 1.165) is 32.2 Å². The van der Waals surface area contributed by atoms with Gasteiger partial charge in [-0.05, 0) is 31.4 Å². The molecule has 0 saturated carbocycles. The van der Waals surface area contributed by atoms with Gasteiger partial charge in [0, 0.05) is 26.1 Å². The van der Waals surface area contributed by atoms with E-state index >= 15 is 0 Å². The molecule has 0 unspecified atom stereocenters. The molecule has 3 aliphatic rings. The molecule has 24 heavy (non-hydrogen) atoms. The monoisotopic (exact) mass is 367 g/mol. The van der Waals surface area contributed by atoms with Gasteiger partial charge in [0.2, 0.25) is 0 Å². The van der Waals surface area contributed by atoms with Gasteiger partial charge in [0.1, 0.15) is 10.7 Å². The summed E-state index contributed by atoms with van der Waals surface area (Å²) in [6, 6.07) is 3.01. The highest BCUT2D eigenvalue weighted by Gasteiger charge is 2.34. The first kappa shape index (κ1) is 15.9. The number of fused-ring (bicyclic) bond motifs is 3. The number of hydrogen-bond donors (Lipinski definition) is 0. The minimum Gasteiger partial charge on any atom is -0.338 e. The van der Waals surface area contributed by atoms with Crippen molar-refractivity contribution < 1.29 is 13.2 Å². The van der Waals surface area contributed by atoms with Gasteiger partial charge in [0.15, 0.2) is 0 Å². The Bertz CT molecular complexity index is 846. The standard InChI is InChI=1S/C16H18ClN3O3S/c17-12-10-13-14(9-11(12)16(21)19-6-4-7-19)24(22,23)18-15-5-2-1-3-8-20(13)15/h9-10H,1-8H2. The molecule has 8 heteroatoms. The Kier molecular flexibility index (Phi) is 3.80. The summed E-state index contributed by atoms with van der Waals surface area (Å²) in [7, 11) is -3.80. The van der Waals surface area contributed by atoms with Crippen LogP contribution in [0.15, 0.2) is 21.4 Å². The van der Waals surface area contributed by atoms with Crippen molar-refractivity contribution in [2.75, 3.05) is 24.5 Å².